The first-order valence-electron chi connectivity index (χ1n) is 2.17. The summed E-state index contributed by atoms with van der Waals surface area (Å²) in [6.45, 7) is 1.07. The van der Waals surface area contributed by atoms with Gasteiger partial charge in [0.2, 0.25) is 6.73 Å². The van der Waals surface area contributed by atoms with Gasteiger partial charge in [0.1, 0.15) is 0 Å². The molecule has 3 nitrogen and oxygen atoms in total. The van der Waals surface area contributed by atoms with Crippen molar-refractivity contribution in [3.05, 3.63) is 25.1 Å². The third-order valence-corrected chi connectivity index (χ3v) is 0.679. The van der Waals surface area contributed by atoms with Crippen molar-refractivity contribution in [2.45, 2.75) is 0 Å². The largest absolute Gasteiger partial charge is 0.441 e. The van der Waals surface area contributed by atoms with Gasteiger partial charge < -0.3 is 9.15 Å². The van der Waals surface area contributed by atoms with Gasteiger partial charge >= 0.3 is 0 Å². The van der Waals surface area contributed by atoms with Crippen LogP contribution in [-0.4, -0.2) is 0 Å². The molecule has 0 saturated carbocycles. The molecule has 0 atom stereocenters. The molecule has 0 aliphatic heterocycles. The van der Waals surface area contributed by atoms with E-state index in [9.17, 15) is 0 Å². The second kappa shape index (κ2) is 2.37. The van der Waals surface area contributed by atoms with E-state index in [-0.39, 0.29) is 0 Å². The summed E-state index contributed by atoms with van der Waals surface area (Å²) in [6, 6.07) is 3.39. The van der Waals surface area contributed by atoms with Crippen molar-refractivity contribution in [2.24, 2.45) is 5.73 Å². The number of hydrogen-bond donors (Lipinski definition) is 1. The van der Waals surface area contributed by atoms with Gasteiger partial charge in [-0.2, -0.15) is 0 Å². The predicted octanol–water partition coefficient (Wildman–Crippen LogP) is 0.736. The quantitative estimate of drug-likeness (QED) is 0.613. The van der Waals surface area contributed by atoms with Crippen LogP contribution < -0.4 is 10.5 Å². The van der Waals surface area contributed by atoms with E-state index in [1.807, 2.05) is 0 Å². The van der Waals surface area contributed by atoms with Crippen molar-refractivity contribution >= 4 is 0 Å². The summed E-state index contributed by atoms with van der Waals surface area (Å²) in [5.74, 6) is 0.410. The molecule has 3 heteroatoms. The van der Waals surface area contributed by atoms with Crippen molar-refractivity contribution in [3.63, 3.8) is 0 Å². The Kier molecular flexibility index (Phi) is 1.54. The molecule has 0 fully saturated rings. The summed E-state index contributed by atoms with van der Waals surface area (Å²) >= 11 is 0. The first kappa shape index (κ1) is 5.18. The summed E-state index contributed by atoms with van der Waals surface area (Å²) < 4.78 is 9.37. The molecule has 0 bridgehead atoms. The minimum absolute atomic E-state index is 0.410. The lowest BCUT2D eigenvalue weighted by Crippen LogP contribution is -1.97. The maximum Gasteiger partial charge on any atom is 0.285 e. The van der Waals surface area contributed by atoms with Gasteiger partial charge in [-0.3, -0.25) is 5.73 Å². The smallest absolute Gasteiger partial charge is 0.285 e. The standard InChI is InChI=1S/C5H6NO2/c6-4-8-5-2-1-3-7-5/h1-4H,6H2. The maximum atomic E-state index is 4.91. The molecular formula is C5H6NO2. The molecule has 43 valence electrons. The molecule has 0 saturated heterocycles. The van der Waals surface area contributed by atoms with Crippen molar-refractivity contribution in [1.29, 1.82) is 0 Å². The molecule has 8 heavy (non-hydrogen) atoms. The fourth-order valence-corrected chi connectivity index (χ4v) is 0.398. The molecule has 0 amide bonds. The second-order valence-corrected chi connectivity index (χ2v) is 1.19. The minimum atomic E-state index is 0.410. The number of ether oxygens (including phenoxy) is 1. The molecule has 0 aliphatic rings. The third-order valence-electron chi connectivity index (χ3n) is 0.679. The van der Waals surface area contributed by atoms with Crippen molar-refractivity contribution < 1.29 is 9.15 Å². The predicted molar refractivity (Wildman–Crippen MR) is 27.8 cm³/mol. The van der Waals surface area contributed by atoms with Gasteiger partial charge in [0, 0.05) is 6.07 Å². The molecule has 2 N–H and O–H groups in total. The Bertz CT molecular complexity index is 136. The van der Waals surface area contributed by atoms with Gasteiger partial charge in [-0.25, -0.2) is 0 Å². The zero-order valence-electron chi connectivity index (χ0n) is 4.20. The van der Waals surface area contributed by atoms with E-state index in [0.29, 0.717) is 5.95 Å². The molecule has 1 rings (SSSR count). The van der Waals surface area contributed by atoms with Gasteiger partial charge in [0.05, 0.1) is 6.26 Å². The molecule has 1 radical (unpaired) electrons. The third kappa shape index (κ3) is 1.01. The molecular weight excluding hydrogens is 106 g/mol. The lowest BCUT2D eigenvalue weighted by atomic mass is 10.7. The zero-order chi connectivity index (χ0) is 5.82. The van der Waals surface area contributed by atoms with Crippen LogP contribution in [0.15, 0.2) is 22.8 Å². The highest BCUT2D eigenvalue weighted by Crippen LogP contribution is 2.08. The van der Waals surface area contributed by atoms with Crippen LogP contribution in [0, 0.1) is 6.73 Å². The fraction of sp³-hybridized carbons (Fsp3) is 0. The van der Waals surface area contributed by atoms with E-state index in [4.69, 9.17) is 10.2 Å². The Hall–Kier alpha value is -0.960. The number of nitrogens with two attached hydrogens (primary N) is 1. The molecule has 0 unspecified atom stereocenters. The molecule has 1 aromatic rings. The van der Waals surface area contributed by atoms with E-state index in [0.717, 1.165) is 6.73 Å². The SMILES string of the molecule is N[CH]Oc1ccco1. The summed E-state index contributed by atoms with van der Waals surface area (Å²) in [4.78, 5) is 0. The summed E-state index contributed by atoms with van der Waals surface area (Å²) in [5, 5.41) is 0. The maximum absolute atomic E-state index is 4.91. The van der Waals surface area contributed by atoms with Crippen molar-refractivity contribution in [2.75, 3.05) is 0 Å². The summed E-state index contributed by atoms with van der Waals surface area (Å²) in [6.07, 6.45) is 1.51. The molecule has 0 aliphatic carbocycles. The highest BCUT2D eigenvalue weighted by molar-refractivity contribution is 5.04. The Balaban J connectivity index is 2.50. The molecule has 1 heterocycles. The number of furan rings is 1. The number of rotatable bonds is 2. The molecule has 1 aromatic heterocycles. The lowest BCUT2D eigenvalue weighted by molar-refractivity contribution is 0.303. The topological polar surface area (TPSA) is 48.4 Å². The van der Waals surface area contributed by atoms with Crippen molar-refractivity contribution in [3.8, 4) is 5.95 Å². The van der Waals surface area contributed by atoms with E-state index < -0.39 is 0 Å². The Morgan fingerprint density at radius 3 is 3.12 bits per heavy atom. The Morgan fingerprint density at radius 2 is 2.62 bits per heavy atom. The van der Waals surface area contributed by atoms with E-state index >= 15 is 0 Å². The average molecular weight is 112 g/mol. The molecule has 0 spiro atoms. The Morgan fingerprint density at radius 1 is 1.75 bits per heavy atom. The second-order valence-electron chi connectivity index (χ2n) is 1.19. The highest BCUT2D eigenvalue weighted by Gasteiger charge is 1.89. The van der Waals surface area contributed by atoms with Crippen LogP contribution in [-0.2, 0) is 0 Å². The van der Waals surface area contributed by atoms with Crippen LogP contribution in [0.1, 0.15) is 0 Å². The highest BCUT2D eigenvalue weighted by atomic mass is 16.6. The van der Waals surface area contributed by atoms with Gasteiger partial charge in [0.15, 0.2) is 0 Å². The van der Waals surface area contributed by atoms with E-state index in [2.05, 4.69) is 4.74 Å². The number of hydrogen-bond acceptors (Lipinski definition) is 3. The fourth-order valence-electron chi connectivity index (χ4n) is 0.398. The van der Waals surface area contributed by atoms with Crippen LogP contribution in [0.25, 0.3) is 0 Å². The van der Waals surface area contributed by atoms with E-state index in [1.165, 1.54) is 6.26 Å². The van der Waals surface area contributed by atoms with Crippen LogP contribution in [0.3, 0.4) is 0 Å². The monoisotopic (exact) mass is 112 g/mol. The van der Waals surface area contributed by atoms with Crippen LogP contribution in [0.4, 0.5) is 0 Å². The van der Waals surface area contributed by atoms with Crippen LogP contribution in [0.5, 0.6) is 5.95 Å². The van der Waals surface area contributed by atoms with Crippen LogP contribution >= 0.6 is 0 Å². The van der Waals surface area contributed by atoms with Gasteiger partial charge in [-0.05, 0) is 6.07 Å². The van der Waals surface area contributed by atoms with E-state index in [1.54, 1.807) is 12.1 Å². The average Bonchev–Trinajstić information content (AvgIpc) is 2.19. The van der Waals surface area contributed by atoms with Gasteiger partial charge in [-0.15, -0.1) is 0 Å². The summed E-state index contributed by atoms with van der Waals surface area (Å²) in [5.41, 5.74) is 4.91. The first-order chi connectivity index (χ1) is 3.93. The summed E-state index contributed by atoms with van der Waals surface area (Å²) in [7, 11) is 0. The van der Waals surface area contributed by atoms with Gasteiger partial charge in [-0.1, -0.05) is 0 Å². The lowest BCUT2D eigenvalue weighted by Gasteiger charge is -1.91. The zero-order valence-corrected chi connectivity index (χ0v) is 4.20. The van der Waals surface area contributed by atoms with Crippen molar-refractivity contribution in [1.82, 2.24) is 0 Å². The van der Waals surface area contributed by atoms with Gasteiger partial charge in [0.25, 0.3) is 5.95 Å². The normalized spacial score (nSPS) is 9.12. The first-order valence-corrected chi connectivity index (χ1v) is 2.17. The molecule has 0 aromatic carbocycles. The minimum Gasteiger partial charge on any atom is -0.441 e. The Labute approximate surface area is 47.0 Å². The van der Waals surface area contributed by atoms with Crippen LogP contribution in [0.2, 0.25) is 0 Å².